The van der Waals surface area contributed by atoms with Crippen LogP contribution >= 0.6 is 0 Å². The van der Waals surface area contributed by atoms with Gasteiger partial charge in [-0.25, -0.2) is 0 Å². The summed E-state index contributed by atoms with van der Waals surface area (Å²) in [4.78, 5) is 0. The van der Waals surface area contributed by atoms with E-state index in [1.54, 1.807) is 0 Å². The van der Waals surface area contributed by atoms with Gasteiger partial charge in [-0.1, -0.05) is 60.7 Å². The highest BCUT2D eigenvalue weighted by Crippen LogP contribution is 2.09. The first kappa shape index (κ1) is 13.4. The fraction of sp³-hybridized carbons (Fsp3) is 0.176. The zero-order chi connectivity index (χ0) is 13.3. The average Bonchev–Trinajstić information content (AvgIpc) is 2.47. The van der Waals surface area contributed by atoms with E-state index in [0.717, 1.165) is 11.3 Å². The molecule has 0 heterocycles. The predicted octanol–water partition coefficient (Wildman–Crippen LogP) is 3.53. The molecule has 0 radical (unpaired) electrons. The summed E-state index contributed by atoms with van der Waals surface area (Å²) in [5.74, 6) is 0.786. The molecule has 0 saturated heterocycles. The highest BCUT2D eigenvalue weighted by Gasteiger charge is 2.02. The van der Waals surface area contributed by atoms with Crippen LogP contribution in [0.3, 0.4) is 0 Å². The van der Waals surface area contributed by atoms with Crippen molar-refractivity contribution in [2.45, 2.75) is 12.5 Å². The molecule has 2 aromatic rings. The highest BCUT2D eigenvalue weighted by molar-refractivity contribution is 5.48. The van der Waals surface area contributed by atoms with E-state index in [9.17, 15) is 5.11 Å². The third-order valence-corrected chi connectivity index (χ3v) is 2.70. The van der Waals surface area contributed by atoms with Crippen LogP contribution in [0.1, 0.15) is 12.0 Å². The Bertz CT molecular complexity index is 491. The van der Waals surface area contributed by atoms with Gasteiger partial charge in [-0.3, -0.25) is 0 Å². The van der Waals surface area contributed by atoms with E-state index in [1.165, 1.54) is 0 Å². The second-order valence-corrected chi connectivity index (χ2v) is 4.33. The van der Waals surface area contributed by atoms with Gasteiger partial charge >= 0.3 is 0 Å². The largest absolute Gasteiger partial charge is 0.491 e. The van der Waals surface area contributed by atoms with E-state index < -0.39 is 6.10 Å². The average molecular weight is 254 g/mol. The molecule has 0 aliphatic rings. The van der Waals surface area contributed by atoms with Crippen LogP contribution in [0, 0.1) is 0 Å². The first-order valence-corrected chi connectivity index (χ1v) is 6.42. The first-order valence-electron chi connectivity index (χ1n) is 6.42. The van der Waals surface area contributed by atoms with Crippen LogP contribution in [0.15, 0.2) is 66.7 Å². The number of aliphatic hydroxyl groups is 1. The number of ether oxygens (including phenoxy) is 1. The van der Waals surface area contributed by atoms with Crippen molar-refractivity contribution in [1.29, 1.82) is 0 Å². The van der Waals surface area contributed by atoms with Gasteiger partial charge in [0.05, 0.1) is 6.10 Å². The van der Waals surface area contributed by atoms with Crippen LogP contribution in [0.2, 0.25) is 0 Å². The molecule has 98 valence electrons. The topological polar surface area (TPSA) is 29.5 Å². The maximum atomic E-state index is 9.81. The smallest absolute Gasteiger partial charge is 0.119 e. The summed E-state index contributed by atoms with van der Waals surface area (Å²) in [6.45, 7) is 0.309. The maximum absolute atomic E-state index is 9.81. The monoisotopic (exact) mass is 254 g/mol. The van der Waals surface area contributed by atoms with Crippen LogP contribution < -0.4 is 4.74 Å². The zero-order valence-electron chi connectivity index (χ0n) is 10.8. The van der Waals surface area contributed by atoms with Crippen LogP contribution in [0.4, 0.5) is 0 Å². The molecular formula is C17H18O2. The van der Waals surface area contributed by atoms with Gasteiger partial charge in [0.1, 0.15) is 12.4 Å². The van der Waals surface area contributed by atoms with Crippen LogP contribution in [0.25, 0.3) is 6.08 Å². The van der Waals surface area contributed by atoms with Gasteiger partial charge in [0, 0.05) is 0 Å². The minimum Gasteiger partial charge on any atom is -0.491 e. The summed E-state index contributed by atoms with van der Waals surface area (Å²) in [7, 11) is 0. The Morgan fingerprint density at radius 2 is 1.58 bits per heavy atom. The van der Waals surface area contributed by atoms with E-state index in [0.29, 0.717) is 13.0 Å². The summed E-state index contributed by atoms with van der Waals surface area (Å²) >= 11 is 0. The lowest BCUT2D eigenvalue weighted by Gasteiger charge is -2.10. The molecule has 0 aromatic heterocycles. The van der Waals surface area contributed by atoms with E-state index in [2.05, 4.69) is 0 Å². The molecule has 0 saturated carbocycles. The lowest BCUT2D eigenvalue weighted by atomic mass is 10.2. The summed E-state index contributed by atoms with van der Waals surface area (Å²) < 4.78 is 5.49. The Hall–Kier alpha value is -2.06. The first-order chi connectivity index (χ1) is 9.34. The lowest BCUT2D eigenvalue weighted by Crippen LogP contribution is -2.16. The third kappa shape index (κ3) is 4.98. The van der Waals surface area contributed by atoms with Gasteiger partial charge < -0.3 is 9.84 Å². The van der Waals surface area contributed by atoms with Crippen molar-refractivity contribution < 1.29 is 9.84 Å². The van der Waals surface area contributed by atoms with Gasteiger partial charge in [0.15, 0.2) is 0 Å². The Balaban J connectivity index is 1.73. The van der Waals surface area contributed by atoms with Crippen molar-refractivity contribution in [1.82, 2.24) is 0 Å². The number of rotatable bonds is 6. The highest BCUT2D eigenvalue weighted by atomic mass is 16.5. The second kappa shape index (κ2) is 7.39. The molecule has 2 nitrogen and oxygen atoms in total. The summed E-state index contributed by atoms with van der Waals surface area (Å²) in [5.41, 5.74) is 1.14. The Kier molecular flexibility index (Phi) is 5.20. The third-order valence-electron chi connectivity index (χ3n) is 2.70. The fourth-order valence-electron chi connectivity index (χ4n) is 1.70. The molecule has 0 aliphatic carbocycles. The molecular weight excluding hydrogens is 236 g/mol. The molecule has 1 atom stereocenters. The number of hydrogen-bond donors (Lipinski definition) is 1. The molecule has 0 amide bonds. The van der Waals surface area contributed by atoms with Crippen molar-refractivity contribution in [3.8, 4) is 5.75 Å². The standard InChI is InChI=1S/C17H18O2/c18-16(14-19-17-12-5-2-6-13-17)11-7-10-15-8-3-1-4-9-15/h1-10,12-13,16,18H,11,14H2/b10-7+/t16-/m1/s1. The van der Waals surface area contributed by atoms with Crippen LogP contribution in [0.5, 0.6) is 5.75 Å². The van der Waals surface area contributed by atoms with Gasteiger partial charge in [-0.05, 0) is 24.1 Å². The fourth-order valence-corrected chi connectivity index (χ4v) is 1.70. The van der Waals surface area contributed by atoms with Gasteiger partial charge in [-0.15, -0.1) is 0 Å². The van der Waals surface area contributed by atoms with Gasteiger partial charge in [0.25, 0.3) is 0 Å². The van der Waals surface area contributed by atoms with E-state index in [-0.39, 0.29) is 0 Å². The Morgan fingerprint density at radius 3 is 2.26 bits per heavy atom. The molecule has 2 rings (SSSR count). The van der Waals surface area contributed by atoms with E-state index >= 15 is 0 Å². The molecule has 0 bridgehead atoms. The van der Waals surface area contributed by atoms with Crippen molar-refractivity contribution in [2.24, 2.45) is 0 Å². The lowest BCUT2D eigenvalue weighted by molar-refractivity contribution is 0.110. The van der Waals surface area contributed by atoms with Crippen molar-refractivity contribution in [3.63, 3.8) is 0 Å². The van der Waals surface area contributed by atoms with Crippen molar-refractivity contribution >= 4 is 6.08 Å². The minimum absolute atomic E-state index is 0.309. The SMILES string of the molecule is O[C@H](C/C=C/c1ccccc1)COc1ccccc1. The minimum atomic E-state index is -0.486. The molecule has 0 spiro atoms. The molecule has 2 aromatic carbocycles. The Morgan fingerprint density at radius 1 is 0.947 bits per heavy atom. The van der Waals surface area contributed by atoms with Crippen molar-refractivity contribution in [2.75, 3.05) is 6.61 Å². The van der Waals surface area contributed by atoms with Crippen molar-refractivity contribution in [3.05, 3.63) is 72.3 Å². The number of benzene rings is 2. The van der Waals surface area contributed by atoms with Crippen LogP contribution in [-0.4, -0.2) is 17.8 Å². The summed E-state index contributed by atoms with van der Waals surface area (Å²) in [5, 5.41) is 9.81. The maximum Gasteiger partial charge on any atom is 0.119 e. The number of hydrogen-bond acceptors (Lipinski definition) is 2. The molecule has 0 unspecified atom stereocenters. The second-order valence-electron chi connectivity index (χ2n) is 4.33. The normalized spacial score (nSPS) is 12.5. The summed E-state index contributed by atoms with van der Waals surface area (Å²) in [6, 6.07) is 19.6. The molecule has 2 heteroatoms. The van der Waals surface area contributed by atoms with E-state index in [4.69, 9.17) is 4.74 Å². The predicted molar refractivity (Wildman–Crippen MR) is 78.0 cm³/mol. The molecule has 1 N–H and O–H groups in total. The quantitative estimate of drug-likeness (QED) is 0.854. The van der Waals surface area contributed by atoms with E-state index in [1.807, 2.05) is 72.8 Å². The van der Waals surface area contributed by atoms with Gasteiger partial charge in [0.2, 0.25) is 0 Å². The van der Waals surface area contributed by atoms with Gasteiger partial charge in [-0.2, -0.15) is 0 Å². The molecule has 0 fully saturated rings. The number of aliphatic hydroxyl groups excluding tert-OH is 1. The van der Waals surface area contributed by atoms with Crippen LogP contribution in [-0.2, 0) is 0 Å². The molecule has 0 aliphatic heterocycles. The Labute approximate surface area is 114 Å². The molecule has 19 heavy (non-hydrogen) atoms. The summed E-state index contributed by atoms with van der Waals surface area (Å²) in [6.07, 6.45) is 4.07. The number of para-hydroxylation sites is 1. The zero-order valence-corrected chi connectivity index (χ0v) is 10.8.